The Bertz CT molecular complexity index is 6810. The van der Waals surface area contributed by atoms with Gasteiger partial charge in [-0.2, -0.15) is 18.4 Å². The van der Waals surface area contributed by atoms with Gasteiger partial charge in [0.15, 0.2) is 75.6 Å². The molecular formula is C99H57F3N16. The minimum atomic E-state index is -4.80. The van der Waals surface area contributed by atoms with Gasteiger partial charge in [-0.25, -0.2) is 64.7 Å². The number of hydrogen-bond acceptors (Lipinski definition) is 13. The van der Waals surface area contributed by atoms with Crippen LogP contribution in [0.25, 0.3) is 208 Å². The number of halogens is 3. The quantitative estimate of drug-likeness (QED) is 0.0881. The molecule has 16 nitrogen and oxygen atoms in total. The summed E-state index contributed by atoms with van der Waals surface area (Å²) in [6.45, 7) is 9.19. The smallest absolute Gasteiger partial charge is 0.308 e. The van der Waals surface area contributed by atoms with Crippen molar-refractivity contribution in [1.82, 2.24) is 68.9 Å². The summed E-state index contributed by atoms with van der Waals surface area (Å²) in [5.74, 6) is 5.25. The molecule has 6 heterocycles. The fourth-order valence-electron chi connectivity index (χ4n) is 15.2. The van der Waals surface area contributed by atoms with Crippen LogP contribution in [0.4, 0.5) is 18.9 Å². The van der Waals surface area contributed by atoms with Crippen molar-refractivity contribution in [2.75, 3.05) is 0 Å². The fourth-order valence-corrected chi connectivity index (χ4v) is 15.2. The van der Waals surface area contributed by atoms with E-state index in [4.69, 9.17) is 59.8 Å². The monoisotopic (exact) mass is 1530 g/mol. The summed E-state index contributed by atoms with van der Waals surface area (Å²) in [5, 5.41) is 13.9. The first-order valence-corrected chi connectivity index (χ1v) is 37.8. The molecule has 19 heteroatoms. The third kappa shape index (κ3) is 13.2. The Morgan fingerprint density at radius 1 is 0.254 bits per heavy atom. The highest BCUT2D eigenvalue weighted by Crippen LogP contribution is 2.47. The molecule has 20 aromatic rings. The Labute approximate surface area is 672 Å². The van der Waals surface area contributed by atoms with E-state index in [9.17, 15) is 25.0 Å². The van der Waals surface area contributed by atoms with Crippen molar-refractivity contribution >= 4 is 49.3 Å². The molecule has 0 atom stereocenters. The van der Waals surface area contributed by atoms with E-state index in [0.717, 1.165) is 67.4 Å². The molecule has 118 heavy (non-hydrogen) atoms. The van der Waals surface area contributed by atoms with Crippen LogP contribution < -0.4 is 0 Å². The van der Waals surface area contributed by atoms with Crippen LogP contribution in [0.5, 0.6) is 0 Å². The van der Waals surface area contributed by atoms with E-state index in [1.165, 1.54) is 6.07 Å². The molecule has 0 aliphatic heterocycles. The second kappa shape index (κ2) is 29.5. The minimum Gasteiger partial charge on any atom is -0.308 e. The molecule has 0 radical (unpaired) electrons. The Morgan fingerprint density at radius 2 is 0.483 bits per heavy atom. The van der Waals surface area contributed by atoms with Crippen molar-refractivity contribution in [2.45, 2.75) is 6.18 Å². The summed E-state index contributed by atoms with van der Waals surface area (Å²) >= 11 is 0. The summed E-state index contributed by atoms with van der Waals surface area (Å²) in [5.41, 5.74) is 11.5. The summed E-state index contributed by atoms with van der Waals surface area (Å²) in [4.78, 5) is 66.2. The third-order valence-electron chi connectivity index (χ3n) is 20.8. The molecule has 6 aromatic heterocycles. The molecule has 0 N–H and O–H groups in total. The average Bonchev–Trinajstić information content (AvgIpc) is 1.55. The third-order valence-corrected chi connectivity index (χ3v) is 20.8. The van der Waals surface area contributed by atoms with Gasteiger partial charge in [-0.3, -0.25) is 0 Å². The molecule has 0 unspecified atom stereocenters. The van der Waals surface area contributed by atoms with Gasteiger partial charge >= 0.3 is 6.18 Å². The van der Waals surface area contributed by atoms with Crippen LogP contribution in [0.3, 0.4) is 0 Å². The number of benzene rings is 14. The predicted octanol–water partition coefficient (Wildman–Crippen LogP) is 23.7. The maximum absolute atomic E-state index is 14.8. The van der Waals surface area contributed by atoms with Gasteiger partial charge in [0.1, 0.15) is 0 Å². The van der Waals surface area contributed by atoms with Crippen molar-refractivity contribution in [3.8, 4) is 165 Å². The van der Waals surface area contributed by atoms with Gasteiger partial charge in [0.25, 0.3) is 0 Å². The summed E-state index contributed by atoms with van der Waals surface area (Å²) in [7, 11) is 0. The lowest BCUT2D eigenvalue weighted by Gasteiger charge is -2.20. The second-order valence-electron chi connectivity index (χ2n) is 28.1. The van der Waals surface area contributed by atoms with Crippen molar-refractivity contribution in [3.63, 3.8) is 0 Å². The van der Waals surface area contributed by atoms with Crippen LogP contribution in [0.1, 0.15) is 11.1 Å². The van der Waals surface area contributed by atoms with Crippen LogP contribution in [0.15, 0.2) is 346 Å². The first-order valence-electron chi connectivity index (χ1n) is 37.8. The van der Waals surface area contributed by atoms with E-state index in [-0.39, 0.29) is 22.4 Å². The van der Waals surface area contributed by atoms with Gasteiger partial charge in [-0.1, -0.05) is 249 Å². The predicted molar refractivity (Wildman–Crippen MR) is 455 cm³/mol. The SMILES string of the molecule is [C-]#[N+]c1cc(-n2c3ccc(-c4nc(-c5ccccc5)nc(-c5ccccc5)n4)cc3c3cc(-c4nc(-c5ccccc5)nc(-c5ccccc5)n4)ccc32)c(-n2c3ccc(-c4nc(-c5ccccc5)nc(-c5ccccc5)n4)cc3c3cc(-c4nc(-c5ccccc5)nc(-c5ccccc5)n4)ccc32)cc1-c1ccc(C(F)(F)F)cc1C#N. The maximum Gasteiger partial charge on any atom is 0.416 e. The van der Waals surface area contributed by atoms with Gasteiger partial charge < -0.3 is 9.13 Å². The minimum absolute atomic E-state index is 0.0410. The first-order chi connectivity index (χ1) is 58.0. The Kier molecular flexibility index (Phi) is 17.7. The zero-order chi connectivity index (χ0) is 79.4. The molecule has 14 aromatic carbocycles. The molecule has 0 amide bonds. The Balaban J connectivity index is 0.887. The fraction of sp³-hybridized carbons (Fsp3) is 0.0101. The largest absolute Gasteiger partial charge is 0.416 e. The van der Waals surface area contributed by atoms with Gasteiger partial charge in [-0.15, -0.1) is 0 Å². The molecule has 554 valence electrons. The molecule has 0 bridgehead atoms. The van der Waals surface area contributed by atoms with E-state index in [0.29, 0.717) is 136 Å². The molecule has 0 saturated carbocycles. The molecule has 0 fully saturated rings. The number of nitrogens with zero attached hydrogens (tertiary/aromatic N) is 16. The molecule has 20 rings (SSSR count). The van der Waals surface area contributed by atoms with Gasteiger partial charge in [0, 0.05) is 88.3 Å². The van der Waals surface area contributed by atoms with Gasteiger partial charge in [-0.05, 0) is 108 Å². The van der Waals surface area contributed by atoms with Crippen molar-refractivity contribution in [1.29, 1.82) is 5.26 Å². The zero-order valence-electron chi connectivity index (χ0n) is 62.2. The molecule has 0 saturated heterocycles. The summed E-state index contributed by atoms with van der Waals surface area (Å²) in [6.07, 6.45) is -4.80. The van der Waals surface area contributed by atoms with E-state index in [1.54, 1.807) is 6.07 Å². The lowest BCUT2D eigenvalue weighted by Crippen LogP contribution is -2.06. The Morgan fingerprint density at radius 3 is 0.703 bits per heavy atom. The van der Waals surface area contributed by atoms with E-state index < -0.39 is 11.7 Å². The van der Waals surface area contributed by atoms with E-state index in [1.807, 2.05) is 297 Å². The maximum atomic E-state index is 14.8. The number of rotatable bonds is 15. The molecule has 0 aliphatic rings. The number of nitriles is 1. The first kappa shape index (κ1) is 70.6. The zero-order valence-corrected chi connectivity index (χ0v) is 62.2. The molecular weight excluding hydrogens is 1470 g/mol. The lowest BCUT2D eigenvalue weighted by molar-refractivity contribution is -0.137. The van der Waals surface area contributed by atoms with E-state index in [2.05, 4.69) is 44.3 Å². The number of fused-ring (bicyclic) bond motifs is 6. The van der Waals surface area contributed by atoms with Crippen LogP contribution in [0, 0.1) is 17.9 Å². The van der Waals surface area contributed by atoms with Gasteiger partial charge in [0.2, 0.25) is 0 Å². The second-order valence-corrected chi connectivity index (χ2v) is 28.1. The summed E-state index contributed by atoms with van der Waals surface area (Å²) in [6, 6.07) is 111. The normalized spacial score (nSPS) is 11.5. The van der Waals surface area contributed by atoms with Crippen LogP contribution >= 0.6 is 0 Å². The van der Waals surface area contributed by atoms with Gasteiger partial charge in [0.05, 0.1) is 57.2 Å². The molecule has 0 aliphatic carbocycles. The van der Waals surface area contributed by atoms with Crippen molar-refractivity contribution in [2.24, 2.45) is 0 Å². The highest BCUT2D eigenvalue weighted by molar-refractivity contribution is 6.14. The van der Waals surface area contributed by atoms with Crippen LogP contribution in [-0.2, 0) is 6.18 Å². The van der Waals surface area contributed by atoms with Crippen molar-refractivity contribution < 1.29 is 13.2 Å². The van der Waals surface area contributed by atoms with Crippen LogP contribution in [-0.4, -0.2) is 68.9 Å². The topological polar surface area (TPSA) is 193 Å². The van der Waals surface area contributed by atoms with Crippen molar-refractivity contribution in [3.05, 3.63) is 368 Å². The standard InChI is InChI=1S/C99H57F3N16/c1-104-80-58-86(118-83-50-44-70(97-113-91(64-34-18-6-19-35-64)107-92(114-97)65-36-20-7-21-37-65)55-78(83)79-56-71(45-51-84(79)118)98-115-93(66-38-22-8-23-39-66)108-94(116-98)67-40-24-9-25-41-67)85(57-75(80)74-47-46-73(99(100,101)102)52-72(74)59-103)117-81-48-42-68(95-109-87(60-26-10-2-11-27-60)105-88(110-95)61-28-12-3-13-29-61)53-76(81)77-54-69(43-49-82(77)117)96-111-89(62-30-14-4-15-31-62)106-90(112-96)63-32-16-5-17-33-63/h2-58H. The highest BCUT2D eigenvalue weighted by atomic mass is 19.4. The summed E-state index contributed by atoms with van der Waals surface area (Å²) < 4.78 is 48.7. The van der Waals surface area contributed by atoms with Crippen LogP contribution in [0.2, 0.25) is 0 Å². The Hall–Kier alpha value is -16.5. The lowest BCUT2D eigenvalue weighted by atomic mass is 9.95. The average molecular weight is 1530 g/mol. The van der Waals surface area contributed by atoms with E-state index >= 15 is 0 Å². The number of aromatic nitrogens is 14. The number of hydrogen-bond donors (Lipinski definition) is 0. The molecule has 0 spiro atoms. The highest BCUT2D eigenvalue weighted by Gasteiger charge is 2.33. The number of alkyl halides is 3.